The lowest BCUT2D eigenvalue weighted by molar-refractivity contribution is -0.147. The van der Waals surface area contributed by atoms with Crippen molar-refractivity contribution in [3.05, 3.63) is 9.52 Å². The first-order chi connectivity index (χ1) is 5.00. The van der Waals surface area contributed by atoms with E-state index in [4.69, 9.17) is 39.9 Å². The van der Waals surface area contributed by atoms with Crippen LogP contribution in [0.25, 0.3) is 0 Å². The summed E-state index contributed by atoms with van der Waals surface area (Å²) in [5, 5.41) is 8.58. The first-order valence-electron chi connectivity index (χ1n) is 2.47. The smallest absolute Gasteiger partial charge is 0.340 e. The van der Waals surface area contributed by atoms with E-state index in [1.165, 1.54) is 0 Å². The number of carbonyl (C=O) groups is 1. The highest BCUT2D eigenvalue weighted by Gasteiger charge is 2.21. The Hall–Kier alpha value is 0.0400. The highest BCUT2D eigenvalue weighted by Crippen LogP contribution is 2.21. The number of aliphatic hydroxyl groups is 1. The first-order valence-corrected chi connectivity index (χ1v) is 3.60. The van der Waals surface area contributed by atoms with Gasteiger partial charge in [-0.1, -0.05) is 34.8 Å². The van der Waals surface area contributed by atoms with Crippen LogP contribution in [0.1, 0.15) is 0 Å². The van der Waals surface area contributed by atoms with Gasteiger partial charge in [0.25, 0.3) is 0 Å². The van der Waals surface area contributed by atoms with Crippen molar-refractivity contribution in [1.29, 1.82) is 0 Å². The van der Waals surface area contributed by atoms with Gasteiger partial charge in [-0.15, -0.1) is 0 Å². The Morgan fingerprint density at radius 2 is 1.91 bits per heavy atom. The number of aliphatic hydroxyl groups excluding tert-OH is 1. The molecular weight excluding hydrogens is 214 g/mol. The number of ether oxygens (including phenoxy) is 1. The van der Waals surface area contributed by atoms with Crippen LogP contribution >= 0.6 is 34.8 Å². The molecule has 0 aliphatic heterocycles. The summed E-state index contributed by atoms with van der Waals surface area (Å²) >= 11 is 15.6. The predicted octanol–water partition coefficient (Wildman–Crippen LogP) is 1.41. The van der Waals surface area contributed by atoms with Crippen molar-refractivity contribution >= 4 is 40.8 Å². The van der Waals surface area contributed by atoms with E-state index >= 15 is 0 Å². The molecular formula is C5H5Cl3O3. The van der Waals surface area contributed by atoms with Gasteiger partial charge in [0.1, 0.15) is 4.49 Å². The minimum Gasteiger partial charge on any atom is -0.467 e. The van der Waals surface area contributed by atoms with Crippen LogP contribution in [-0.2, 0) is 9.53 Å². The van der Waals surface area contributed by atoms with Crippen LogP contribution in [-0.4, -0.2) is 24.3 Å². The molecule has 6 heteroatoms. The average Bonchev–Trinajstić information content (AvgIpc) is 2.00. The van der Waals surface area contributed by atoms with Crippen LogP contribution in [0, 0.1) is 0 Å². The molecule has 11 heavy (non-hydrogen) atoms. The van der Waals surface area contributed by atoms with Crippen molar-refractivity contribution in [2.24, 2.45) is 0 Å². The minimum atomic E-state index is -1.60. The van der Waals surface area contributed by atoms with Gasteiger partial charge in [-0.05, 0) is 0 Å². The molecule has 0 bridgehead atoms. The number of carbonyl (C=O) groups excluding carboxylic acids is 1. The van der Waals surface area contributed by atoms with E-state index in [9.17, 15) is 4.79 Å². The Balaban J connectivity index is 4.37. The Morgan fingerprint density at radius 3 is 2.18 bits per heavy atom. The molecule has 0 spiro atoms. The molecule has 0 aromatic heterocycles. The topological polar surface area (TPSA) is 46.5 Å². The van der Waals surface area contributed by atoms with Crippen molar-refractivity contribution in [3.8, 4) is 0 Å². The molecule has 0 heterocycles. The van der Waals surface area contributed by atoms with Gasteiger partial charge >= 0.3 is 5.97 Å². The normalized spacial score (nSPS) is 12.1. The summed E-state index contributed by atoms with van der Waals surface area (Å²) in [7, 11) is 1.11. The zero-order chi connectivity index (χ0) is 9.02. The lowest BCUT2D eigenvalue weighted by Crippen LogP contribution is -2.22. The number of hydrogen-bond donors (Lipinski definition) is 1. The van der Waals surface area contributed by atoms with Crippen molar-refractivity contribution in [2.45, 2.75) is 6.10 Å². The zero-order valence-corrected chi connectivity index (χ0v) is 7.74. The van der Waals surface area contributed by atoms with Crippen molar-refractivity contribution in [2.75, 3.05) is 7.11 Å². The van der Waals surface area contributed by atoms with Gasteiger partial charge in [0.2, 0.25) is 0 Å². The van der Waals surface area contributed by atoms with Crippen LogP contribution in [0.3, 0.4) is 0 Å². The van der Waals surface area contributed by atoms with Crippen LogP contribution < -0.4 is 0 Å². The third kappa shape index (κ3) is 3.29. The Bertz CT molecular complexity index is 185. The van der Waals surface area contributed by atoms with E-state index in [1.807, 2.05) is 0 Å². The lowest BCUT2D eigenvalue weighted by Gasteiger charge is -2.05. The van der Waals surface area contributed by atoms with E-state index in [2.05, 4.69) is 4.74 Å². The standard InChI is InChI=1S/C5H5Cl3O3/c1-11-5(10)3(9)2(6)4(7)8/h3,9H,1H3. The Labute approximate surface area is 78.5 Å². The summed E-state index contributed by atoms with van der Waals surface area (Å²) in [5.74, 6) is -0.909. The molecule has 0 fully saturated rings. The highest BCUT2D eigenvalue weighted by molar-refractivity contribution is 6.59. The number of esters is 1. The maximum absolute atomic E-state index is 10.5. The molecule has 64 valence electrons. The van der Waals surface area contributed by atoms with Crippen LogP contribution in [0.15, 0.2) is 9.52 Å². The second-order valence-corrected chi connectivity index (χ2v) is 2.89. The third-order valence-corrected chi connectivity index (χ3v) is 1.84. The van der Waals surface area contributed by atoms with E-state index < -0.39 is 12.1 Å². The van der Waals surface area contributed by atoms with Gasteiger partial charge in [-0.25, -0.2) is 4.79 Å². The Morgan fingerprint density at radius 1 is 1.45 bits per heavy atom. The molecule has 0 aromatic rings. The number of halogens is 3. The fraction of sp³-hybridized carbons (Fsp3) is 0.400. The number of methoxy groups -OCH3 is 1. The molecule has 0 aromatic carbocycles. The third-order valence-electron chi connectivity index (χ3n) is 0.845. The highest BCUT2D eigenvalue weighted by atomic mass is 35.5. The summed E-state index contributed by atoms with van der Waals surface area (Å²) in [6.07, 6.45) is -1.60. The van der Waals surface area contributed by atoms with Gasteiger partial charge in [0, 0.05) is 0 Å². The molecule has 0 aliphatic carbocycles. The van der Waals surface area contributed by atoms with Gasteiger partial charge in [0.05, 0.1) is 12.1 Å². The monoisotopic (exact) mass is 218 g/mol. The van der Waals surface area contributed by atoms with Crippen molar-refractivity contribution < 1.29 is 14.6 Å². The van der Waals surface area contributed by atoms with E-state index in [-0.39, 0.29) is 9.52 Å². The second-order valence-electron chi connectivity index (χ2n) is 1.53. The molecule has 0 aliphatic rings. The van der Waals surface area contributed by atoms with Crippen LogP contribution in [0.4, 0.5) is 0 Å². The maximum atomic E-state index is 10.5. The van der Waals surface area contributed by atoms with Gasteiger partial charge < -0.3 is 9.84 Å². The Kier molecular flexibility index (Phi) is 4.84. The van der Waals surface area contributed by atoms with Gasteiger partial charge in [-0.2, -0.15) is 0 Å². The van der Waals surface area contributed by atoms with Crippen molar-refractivity contribution in [3.63, 3.8) is 0 Å². The fourth-order valence-corrected chi connectivity index (χ4v) is 0.614. The van der Waals surface area contributed by atoms with Crippen molar-refractivity contribution in [1.82, 2.24) is 0 Å². The molecule has 1 unspecified atom stereocenters. The SMILES string of the molecule is COC(=O)C(O)C(Cl)=C(Cl)Cl. The molecule has 0 saturated heterocycles. The molecule has 0 rings (SSSR count). The minimum absolute atomic E-state index is 0.347. The summed E-state index contributed by atoms with van der Waals surface area (Å²) < 4.78 is 3.80. The summed E-state index contributed by atoms with van der Waals surface area (Å²) in [5.41, 5.74) is 0. The molecule has 1 atom stereocenters. The second kappa shape index (κ2) is 4.83. The van der Waals surface area contributed by atoms with Crippen LogP contribution in [0.5, 0.6) is 0 Å². The van der Waals surface area contributed by atoms with E-state index in [1.54, 1.807) is 0 Å². The average molecular weight is 219 g/mol. The predicted molar refractivity (Wildman–Crippen MR) is 42.6 cm³/mol. The molecule has 0 saturated carbocycles. The summed E-state index contributed by atoms with van der Waals surface area (Å²) in [6.45, 7) is 0. The number of rotatable bonds is 2. The summed E-state index contributed by atoms with van der Waals surface area (Å²) in [6, 6.07) is 0. The van der Waals surface area contributed by atoms with Crippen LogP contribution in [0.2, 0.25) is 0 Å². The van der Waals surface area contributed by atoms with Gasteiger partial charge in [0.15, 0.2) is 6.10 Å². The molecule has 0 amide bonds. The summed E-state index contributed by atoms with van der Waals surface area (Å²) in [4.78, 5) is 10.5. The van der Waals surface area contributed by atoms with E-state index in [0.717, 1.165) is 7.11 Å². The first kappa shape index (κ1) is 11.0. The largest absolute Gasteiger partial charge is 0.467 e. The molecule has 1 N–H and O–H groups in total. The fourth-order valence-electron chi connectivity index (χ4n) is 0.318. The zero-order valence-electron chi connectivity index (χ0n) is 5.47. The number of hydrogen-bond acceptors (Lipinski definition) is 3. The molecule has 0 radical (unpaired) electrons. The lowest BCUT2D eigenvalue weighted by atomic mass is 10.3. The van der Waals surface area contributed by atoms with Gasteiger partial charge in [-0.3, -0.25) is 0 Å². The molecule has 3 nitrogen and oxygen atoms in total. The van der Waals surface area contributed by atoms with E-state index in [0.29, 0.717) is 0 Å². The quantitative estimate of drug-likeness (QED) is 0.714. The maximum Gasteiger partial charge on any atom is 0.340 e.